The van der Waals surface area contributed by atoms with Crippen molar-refractivity contribution >= 4 is 34.8 Å². The van der Waals surface area contributed by atoms with E-state index in [9.17, 15) is 9.59 Å². The second-order valence-electron chi connectivity index (χ2n) is 7.12. The Morgan fingerprint density at radius 3 is 2.47 bits per heavy atom. The second kappa shape index (κ2) is 10.4. The lowest BCUT2D eigenvalue weighted by Crippen LogP contribution is -2.33. The number of hydrogen-bond donors (Lipinski definition) is 2. The minimum atomic E-state index is -0.396. The highest BCUT2D eigenvalue weighted by atomic mass is 35.5. The maximum absolute atomic E-state index is 12.4. The first-order valence-electron chi connectivity index (χ1n) is 9.71. The number of nitrogens with one attached hydrogen (secondary N) is 2. The first-order valence-corrected chi connectivity index (χ1v) is 11.0. The number of aromatic nitrogens is 1. The van der Waals surface area contributed by atoms with Crippen LogP contribution in [-0.2, 0) is 16.0 Å². The van der Waals surface area contributed by atoms with Crippen molar-refractivity contribution in [1.82, 2.24) is 15.6 Å². The van der Waals surface area contributed by atoms with Gasteiger partial charge in [0.1, 0.15) is 5.01 Å². The third-order valence-corrected chi connectivity index (χ3v) is 5.79. The van der Waals surface area contributed by atoms with Crippen molar-refractivity contribution in [2.45, 2.75) is 32.7 Å². The van der Waals surface area contributed by atoms with Crippen LogP contribution in [0.25, 0.3) is 10.6 Å². The van der Waals surface area contributed by atoms with E-state index in [2.05, 4.69) is 46.8 Å². The summed E-state index contributed by atoms with van der Waals surface area (Å²) in [6, 6.07) is 15.0. The lowest BCUT2D eigenvalue weighted by Gasteiger charge is -2.18. The summed E-state index contributed by atoms with van der Waals surface area (Å²) >= 11 is 7.53. The standard InChI is InChI=1S/C23H24ClN3O2S/c1-15-3-5-18(6-4-15)23-27-20(14-30-23)11-12-25-22(29)13-21(26-16(2)28)17-7-9-19(24)10-8-17/h3-10,14,21H,11-13H2,1-2H3,(H,25,29)(H,26,28). The van der Waals surface area contributed by atoms with Gasteiger partial charge in [0.2, 0.25) is 11.8 Å². The molecule has 1 unspecified atom stereocenters. The largest absolute Gasteiger partial charge is 0.356 e. The zero-order chi connectivity index (χ0) is 21.5. The molecule has 1 heterocycles. The van der Waals surface area contributed by atoms with Gasteiger partial charge in [-0.15, -0.1) is 11.3 Å². The van der Waals surface area contributed by atoms with Gasteiger partial charge in [-0.2, -0.15) is 0 Å². The van der Waals surface area contributed by atoms with Gasteiger partial charge in [0.25, 0.3) is 0 Å². The average molecular weight is 442 g/mol. The number of nitrogens with zero attached hydrogens (tertiary/aromatic N) is 1. The molecule has 3 aromatic rings. The van der Waals surface area contributed by atoms with E-state index in [1.165, 1.54) is 12.5 Å². The van der Waals surface area contributed by atoms with Crippen molar-refractivity contribution in [3.05, 3.63) is 75.8 Å². The van der Waals surface area contributed by atoms with Crippen LogP contribution in [0.3, 0.4) is 0 Å². The molecule has 0 fully saturated rings. The molecule has 0 aliphatic rings. The van der Waals surface area contributed by atoms with E-state index in [0.717, 1.165) is 21.8 Å². The van der Waals surface area contributed by atoms with Crippen molar-refractivity contribution in [2.24, 2.45) is 0 Å². The molecule has 2 aromatic carbocycles. The van der Waals surface area contributed by atoms with E-state index in [0.29, 0.717) is 18.0 Å². The minimum Gasteiger partial charge on any atom is -0.356 e. The topological polar surface area (TPSA) is 71.1 Å². The molecule has 30 heavy (non-hydrogen) atoms. The SMILES string of the molecule is CC(=O)NC(CC(=O)NCCc1csc(-c2ccc(C)cc2)n1)c1ccc(Cl)cc1. The van der Waals surface area contributed by atoms with Crippen LogP contribution in [0.5, 0.6) is 0 Å². The first kappa shape index (κ1) is 22.0. The molecule has 156 valence electrons. The fourth-order valence-electron chi connectivity index (χ4n) is 3.03. The Balaban J connectivity index is 1.52. The van der Waals surface area contributed by atoms with Crippen molar-refractivity contribution in [3.63, 3.8) is 0 Å². The third kappa shape index (κ3) is 6.40. The molecule has 2 amide bonds. The van der Waals surface area contributed by atoms with Crippen molar-refractivity contribution in [1.29, 1.82) is 0 Å². The predicted molar refractivity (Wildman–Crippen MR) is 122 cm³/mol. The molecular weight excluding hydrogens is 418 g/mol. The number of aryl methyl sites for hydroxylation is 1. The number of carbonyl (C=O) groups excluding carboxylic acids is 2. The maximum atomic E-state index is 12.4. The molecule has 0 bridgehead atoms. The van der Waals surface area contributed by atoms with E-state index in [1.807, 2.05) is 17.5 Å². The molecule has 0 radical (unpaired) electrons. The summed E-state index contributed by atoms with van der Waals surface area (Å²) in [6.07, 6.45) is 0.812. The van der Waals surface area contributed by atoms with Crippen molar-refractivity contribution in [3.8, 4) is 10.6 Å². The smallest absolute Gasteiger partial charge is 0.222 e. The van der Waals surface area contributed by atoms with Crippen LogP contribution < -0.4 is 10.6 Å². The zero-order valence-corrected chi connectivity index (χ0v) is 18.5. The fourth-order valence-corrected chi connectivity index (χ4v) is 4.02. The summed E-state index contributed by atoms with van der Waals surface area (Å²) in [4.78, 5) is 28.6. The number of benzene rings is 2. The lowest BCUT2D eigenvalue weighted by molar-refractivity contribution is -0.122. The van der Waals surface area contributed by atoms with Gasteiger partial charge in [-0.25, -0.2) is 4.98 Å². The van der Waals surface area contributed by atoms with Crippen LogP contribution >= 0.6 is 22.9 Å². The van der Waals surface area contributed by atoms with E-state index < -0.39 is 6.04 Å². The number of amides is 2. The maximum Gasteiger partial charge on any atom is 0.222 e. The molecular formula is C23H24ClN3O2S. The Labute approximate surface area is 185 Å². The quantitative estimate of drug-likeness (QED) is 0.532. The van der Waals surface area contributed by atoms with Gasteiger partial charge in [0.05, 0.1) is 18.2 Å². The summed E-state index contributed by atoms with van der Waals surface area (Å²) in [5.74, 6) is -0.313. The predicted octanol–water partition coefficient (Wildman–Crippen LogP) is 4.70. The number of carbonyl (C=O) groups is 2. The fraction of sp³-hybridized carbons (Fsp3) is 0.261. The van der Waals surface area contributed by atoms with Crippen LogP contribution in [0.2, 0.25) is 5.02 Å². The van der Waals surface area contributed by atoms with Gasteiger partial charge in [-0.1, -0.05) is 53.6 Å². The number of thiazole rings is 1. The highest BCUT2D eigenvalue weighted by Gasteiger charge is 2.17. The van der Waals surface area contributed by atoms with Crippen LogP contribution in [0.4, 0.5) is 0 Å². The molecule has 0 saturated carbocycles. The molecule has 7 heteroatoms. The van der Waals surface area contributed by atoms with Crippen molar-refractivity contribution in [2.75, 3.05) is 6.54 Å². The van der Waals surface area contributed by atoms with Crippen LogP contribution in [-0.4, -0.2) is 23.3 Å². The van der Waals surface area contributed by atoms with Crippen LogP contribution in [0, 0.1) is 6.92 Å². The summed E-state index contributed by atoms with van der Waals surface area (Å²) in [5.41, 5.74) is 4.11. The molecule has 0 spiro atoms. The Kier molecular flexibility index (Phi) is 7.60. The van der Waals surface area contributed by atoms with E-state index in [-0.39, 0.29) is 18.2 Å². The van der Waals surface area contributed by atoms with Crippen LogP contribution in [0.1, 0.15) is 36.2 Å². The summed E-state index contributed by atoms with van der Waals surface area (Å²) in [6.45, 7) is 3.99. The second-order valence-corrected chi connectivity index (χ2v) is 8.41. The van der Waals surface area contributed by atoms with Gasteiger partial charge in [-0.3, -0.25) is 9.59 Å². The number of hydrogen-bond acceptors (Lipinski definition) is 4. The molecule has 3 rings (SSSR count). The first-order chi connectivity index (χ1) is 14.4. The van der Waals surface area contributed by atoms with Gasteiger partial charge in [-0.05, 0) is 24.6 Å². The summed E-state index contributed by atoms with van der Waals surface area (Å²) in [5, 5.41) is 9.36. The highest BCUT2D eigenvalue weighted by Crippen LogP contribution is 2.24. The van der Waals surface area contributed by atoms with Gasteiger partial charge >= 0.3 is 0 Å². The molecule has 1 aromatic heterocycles. The van der Waals surface area contributed by atoms with Gasteiger partial charge in [0.15, 0.2) is 0 Å². The minimum absolute atomic E-state index is 0.127. The molecule has 2 N–H and O–H groups in total. The average Bonchev–Trinajstić information content (AvgIpc) is 3.17. The Bertz CT molecular complexity index is 1000. The normalized spacial score (nSPS) is 11.7. The highest BCUT2D eigenvalue weighted by molar-refractivity contribution is 7.13. The van der Waals surface area contributed by atoms with E-state index >= 15 is 0 Å². The van der Waals surface area contributed by atoms with E-state index in [4.69, 9.17) is 11.6 Å². The lowest BCUT2D eigenvalue weighted by atomic mass is 10.0. The van der Waals surface area contributed by atoms with Crippen LogP contribution in [0.15, 0.2) is 53.9 Å². The third-order valence-electron chi connectivity index (χ3n) is 4.59. The van der Waals surface area contributed by atoms with Gasteiger partial charge in [0, 0.05) is 35.9 Å². The number of rotatable bonds is 8. The number of halogens is 1. The Morgan fingerprint density at radius 2 is 1.80 bits per heavy atom. The molecule has 0 saturated heterocycles. The monoisotopic (exact) mass is 441 g/mol. The molecule has 1 atom stereocenters. The zero-order valence-electron chi connectivity index (χ0n) is 16.9. The Morgan fingerprint density at radius 1 is 1.10 bits per heavy atom. The van der Waals surface area contributed by atoms with Gasteiger partial charge < -0.3 is 10.6 Å². The Hall–Kier alpha value is -2.70. The summed E-state index contributed by atoms with van der Waals surface area (Å²) < 4.78 is 0. The van der Waals surface area contributed by atoms with Crippen molar-refractivity contribution < 1.29 is 9.59 Å². The van der Waals surface area contributed by atoms with E-state index in [1.54, 1.807) is 23.5 Å². The molecule has 5 nitrogen and oxygen atoms in total. The summed E-state index contributed by atoms with van der Waals surface area (Å²) in [7, 11) is 0. The molecule has 0 aliphatic carbocycles. The molecule has 0 aliphatic heterocycles.